The Morgan fingerprint density at radius 3 is 2.61 bits per heavy atom. The van der Waals surface area contributed by atoms with E-state index in [4.69, 9.17) is 4.74 Å². The molecule has 2 aromatic carbocycles. The highest BCUT2D eigenvalue weighted by Gasteiger charge is 2.12. The lowest BCUT2D eigenvalue weighted by atomic mass is 9.99. The van der Waals surface area contributed by atoms with E-state index in [1.807, 2.05) is 43.3 Å². The zero-order valence-corrected chi connectivity index (χ0v) is 11.8. The van der Waals surface area contributed by atoms with Crippen LogP contribution in [0.25, 0.3) is 0 Å². The van der Waals surface area contributed by atoms with Gasteiger partial charge in [-0.3, -0.25) is 4.79 Å². The van der Waals surface area contributed by atoms with E-state index in [1.165, 1.54) is 0 Å². The van der Waals surface area contributed by atoms with Gasteiger partial charge < -0.3 is 4.74 Å². The van der Waals surface area contributed by atoms with Gasteiger partial charge in [0.25, 0.3) is 0 Å². The Hall–Kier alpha value is -1.61. The fraction of sp³-hybridized carbons (Fsp3) is 0.133. The molecule has 0 aliphatic heterocycles. The molecule has 0 atom stereocenters. The van der Waals surface area contributed by atoms with Gasteiger partial charge in [0.2, 0.25) is 0 Å². The molecule has 0 aromatic heterocycles. The molecule has 0 radical (unpaired) electrons. The largest absolute Gasteiger partial charge is 0.497 e. The second-order valence-electron chi connectivity index (χ2n) is 4.02. The third-order valence-corrected chi connectivity index (χ3v) is 3.27. The molecule has 0 saturated heterocycles. The average molecular weight is 305 g/mol. The number of carbonyl (C=O) groups excluding carboxylic acids is 1. The number of halogens is 1. The number of ketones is 1. The minimum absolute atomic E-state index is 0.00713. The second kappa shape index (κ2) is 5.36. The SMILES string of the molecule is COc1ccc(C)c(C(=O)c2cccc(Br)c2)c1. The zero-order chi connectivity index (χ0) is 13.1. The summed E-state index contributed by atoms with van der Waals surface area (Å²) in [6.07, 6.45) is 0. The third kappa shape index (κ3) is 2.62. The zero-order valence-electron chi connectivity index (χ0n) is 10.2. The number of carbonyl (C=O) groups is 1. The van der Waals surface area contributed by atoms with E-state index in [1.54, 1.807) is 13.2 Å². The van der Waals surface area contributed by atoms with Crippen molar-refractivity contribution in [2.24, 2.45) is 0 Å². The fourth-order valence-corrected chi connectivity index (χ4v) is 2.16. The minimum Gasteiger partial charge on any atom is -0.497 e. The van der Waals surface area contributed by atoms with Gasteiger partial charge in [0.1, 0.15) is 5.75 Å². The first-order valence-corrected chi connectivity index (χ1v) is 6.36. The molecule has 0 amide bonds. The van der Waals surface area contributed by atoms with Gasteiger partial charge in [-0.1, -0.05) is 34.1 Å². The molecule has 3 heteroatoms. The first-order chi connectivity index (χ1) is 8.61. The van der Waals surface area contributed by atoms with Crippen molar-refractivity contribution in [1.82, 2.24) is 0 Å². The Morgan fingerprint density at radius 2 is 1.94 bits per heavy atom. The number of hydrogen-bond acceptors (Lipinski definition) is 2. The highest BCUT2D eigenvalue weighted by atomic mass is 79.9. The first-order valence-electron chi connectivity index (χ1n) is 5.56. The van der Waals surface area contributed by atoms with Crippen molar-refractivity contribution in [2.45, 2.75) is 6.92 Å². The summed E-state index contributed by atoms with van der Waals surface area (Å²) >= 11 is 3.37. The molecule has 0 unspecified atom stereocenters. The van der Waals surface area contributed by atoms with Crippen LogP contribution in [0.15, 0.2) is 46.9 Å². The molecule has 18 heavy (non-hydrogen) atoms. The molecule has 0 saturated carbocycles. The van der Waals surface area contributed by atoms with E-state index in [0.717, 1.165) is 10.0 Å². The Morgan fingerprint density at radius 1 is 1.17 bits per heavy atom. The molecule has 2 aromatic rings. The minimum atomic E-state index is 0.00713. The summed E-state index contributed by atoms with van der Waals surface area (Å²) in [5.41, 5.74) is 2.29. The monoisotopic (exact) mass is 304 g/mol. The Bertz CT molecular complexity index is 591. The molecule has 2 nitrogen and oxygen atoms in total. The maximum Gasteiger partial charge on any atom is 0.193 e. The van der Waals surface area contributed by atoms with Crippen molar-refractivity contribution in [2.75, 3.05) is 7.11 Å². The number of benzene rings is 2. The molecule has 0 spiro atoms. The molecule has 0 aliphatic rings. The van der Waals surface area contributed by atoms with Crippen molar-refractivity contribution in [3.05, 3.63) is 63.6 Å². The van der Waals surface area contributed by atoms with Crippen LogP contribution < -0.4 is 4.74 Å². The summed E-state index contributed by atoms with van der Waals surface area (Å²) in [6, 6.07) is 12.9. The summed E-state index contributed by atoms with van der Waals surface area (Å²) in [5, 5.41) is 0. The molecule has 2 rings (SSSR count). The number of aryl methyl sites for hydroxylation is 1. The molecular weight excluding hydrogens is 292 g/mol. The lowest BCUT2D eigenvalue weighted by Gasteiger charge is -2.08. The first kappa shape index (κ1) is 12.8. The predicted octanol–water partition coefficient (Wildman–Crippen LogP) is 4.00. The normalized spacial score (nSPS) is 10.2. The van der Waals surface area contributed by atoms with Crippen LogP contribution in [0.2, 0.25) is 0 Å². The van der Waals surface area contributed by atoms with Gasteiger partial charge in [0.15, 0.2) is 5.78 Å². The predicted molar refractivity (Wildman–Crippen MR) is 75.3 cm³/mol. The molecular formula is C15H13BrO2. The highest BCUT2D eigenvalue weighted by Crippen LogP contribution is 2.21. The van der Waals surface area contributed by atoms with Gasteiger partial charge >= 0.3 is 0 Å². The average Bonchev–Trinajstić information content (AvgIpc) is 2.38. The topological polar surface area (TPSA) is 26.3 Å². The van der Waals surface area contributed by atoms with Gasteiger partial charge in [-0.05, 0) is 36.8 Å². The van der Waals surface area contributed by atoms with Crippen LogP contribution in [0.4, 0.5) is 0 Å². The van der Waals surface area contributed by atoms with Gasteiger partial charge in [-0.2, -0.15) is 0 Å². The van der Waals surface area contributed by atoms with E-state index < -0.39 is 0 Å². The Balaban J connectivity index is 2.45. The van der Waals surface area contributed by atoms with Crippen molar-refractivity contribution in [3.8, 4) is 5.75 Å². The Kier molecular flexibility index (Phi) is 3.82. The van der Waals surface area contributed by atoms with Gasteiger partial charge in [-0.25, -0.2) is 0 Å². The van der Waals surface area contributed by atoms with Crippen LogP contribution in [-0.4, -0.2) is 12.9 Å². The van der Waals surface area contributed by atoms with Gasteiger partial charge in [-0.15, -0.1) is 0 Å². The van der Waals surface area contributed by atoms with Crippen LogP contribution in [0, 0.1) is 6.92 Å². The number of ether oxygens (including phenoxy) is 1. The van der Waals surface area contributed by atoms with Crippen LogP contribution in [0.1, 0.15) is 21.5 Å². The van der Waals surface area contributed by atoms with Crippen LogP contribution in [0.3, 0.4) is 0 Å². The van der Waals surface area contributed by atoms with E-state index in [9.17, 15) is 4.79 Å². The quantitative estimate of drug-likeness (QED) is 0.801. The number of rotatable bonds is 3. The third-order valence-electron chi connectivity index (χ3n) is 2.78. The summed E-state index contributed by atoms with van der Waals surface area (Å²) in [4.78, 5) is 12.4. The van der Waals surface area contributed by atoms with E-state index in [2.05, 4.69) is 15.9 Å². The number of hydrogen-bond donors (Lipinski definition) is 0. The van der Waals surface area contributed by atoms with Gasteiger partial charge in [0, 0.05) is 15.6 Å². The molecule has 0 bridgehead atoms. The van der Waals surface area contributed by atoms with Crippen molar-refractivity contribution < 1.29 is 9.53 Å². The van der Waals surface area contributed by atoms with Crippen LogP contribution in [-0.2, 0) is 0 Å². The summed E-state index contributed by atoms with van der Waals surface area (Å²) in [7, 11) is 1.60. The van der Waals surface area contributed by atoms with E-state index in [-0.39, 0.29) is 5.78 Å². The summed E-state index contributed by atoms with van der Waals surface area (Å²) < 4.78 is 6.06. The number of methoxy groups -OCH3 is 1. The lowest BCUT2D eigenvalue weighted by Crippen LogP contribution is -2.04. The van der Waals surface area contributed by atoms with Crippen molar-refractivity contribution in [3.63, 3.8) is 0 Å². The molecule has 92 valence electrons. The second-order valence-corrected chi connectivity index (χ2v) is 4.94. The summed E-state index contributed by atoms with van der Waals surface area (Å²) in [5.74, 6) is 0.701. The van der Waals surface area contributed by atoms with Crippen molar-refractivity contribution in [1.29, 1.82) is 0 Å². The summed E-state index contributed by atoms with van der Waals surface area (Å²) in [6.45, 7) is 1.92. The smallest absolute Gasteiger partial charge is 0.193 e. The van der Waals surface area contributed by atoms with Crippen LogP contribution in [0.5, 0.6) is 5.75 Å². The lowest BCUT2D eigenvalue weighted by molar-refractivity contribution is 0.103. The fourth-order valence-electron chi connectivity index (χ4n) is 1.76. The Labute approximate surface area is 115 Å². The maximum atomic E-state index is 12.4. The highest BCUT2D eigenvalue weighted by molar-refractivity contribution is 9.10. The molecule has 0 fully saturated rings. The standard InChI is InChI=1S/C15H13BrO2/c1-10-6-7-13(18-2)9-14(10)15(17)11-4-3-5-12(16)8-11/h3-9H,1-2H3. The maximum absolute atomic E-state index is 12.4. The van der Waals surface area contributed by atoms with E-state index >= 15 is 0 Å². The molecule has 0 heterocycles. The molecule has 0 N–H and O–H groups in total. The van der Waals surface area contributed by atoms with Crippen LogP contribution >= 0.6 is 15.9 Å². The van der Waals surface area contributed by atoms with Gasteiger partial charge in [0.05, 0.1) is 7.11 Å². The van der Waals surface area contributed by atoms with Crippen molar-refractivity contribution >= 4 is 21.7 Å². The van der Waals surface area contributed by atoms with E-state index in [0.29, 0.717) is 16.9 Å². The molecule has 0 aliphatic carbocycles.